The smallest absolute Gasteiger partial charge is 0.333 e. The number of ether oxygens (including phenoxy) is 4. The first-order valence-corrected chi connectivity index (χ1v) is 15.0. The highest BCUT2D eigenvalue weighted by molar-refractivity contribution is 5.91. The van der Waals surface area contributed by atoms with Crippen LogP contribution in [0.4, 0.5) is 5.69 Å². The van der Waals surface area contributed by atoms with Gasteiger partial charge < -0.3 is 23.8 Å². The third-order valence-corrected chi connectivity index (χ3v) is 7.93. The van der Waals surface area contributed by atoms with E-state index in [0.29, 0.717) is 30.6 Å². The second kappa shape index (κ2) is 13.7. The fourth-order valence-corrected chi connectivity index (χ4v) is 5.65. The molecule has 0 N–H and O–H groups in total. The number of pyridine rings is 1. The van der Waals surface area contributed by atoms with Gasteiger partial charge in [0.15, 0.2) is 0 Å². The summed E-state index contributed by atoms with van der Waals surface area (Å²) >= 11 is 0. The number of hydrogen-bond acceptors (Lipinski definition) is 8. The number of carbonyl (C=O) groups is 1. The second-order valence-corrected chi connectivity index (χ2v) is 10.9. The summed E-state index contributed by atoms with van der Waals surface area (Å²) in [5.41, 5.74) is 4.71. The highest BCUT2D eigenvalue weighted by Gasteiger charge is 2.26. The quantitative estimate of drug-likeness (QED) is 0.193. The van der Waals surface area contributed by atoms with Crippen LogP contribution >= 0.6 is 0 Å². The molecule has 0 aliphatic carbocycles. The van der Waals surface area contributed by atoms with Gasteiger partial charge in [0.2, 0.25) is 11.8 Å². The lowest BCUT2D eigenvalue weighted by molar-refractivity contribution is -0.148. The van der Waals surface area contributed by atoms with E-state index in [1.807, 2.05) is 84.9 Å². The Morgan fingerprint density at radius 2 is 1.58 bits per heavy atom. The van der Waals surface area contributed by atoms with Gasteiger partial charge in [-0.1, -0.05) is 66.7 Å². The average Bonchev–Trinajstić information content (AvgIpc) is 3.35. The third-order valence-electron chi connectivity index (χ3n) is 7.93. The largest absolute Gasteiger partial charge is 0.473 e. The molecule has 1 atom stereocenters. The van der Waals surface area contributed by atoms with Crippen LogP contribution in [0.15, 0.2) is 95.8 Å². The molecule has 1 unspecified atom stereocenters. The minimum absolute atomic E-state index is 0.0854. The third kappa shape index (κ3) is 6.71. The number of nitrogens with zero attached hydrogens (tertiary/aromatic N) is 4. The van der Waals surface area contributed by atoms with Crippen molar-refractivity contribution in [3.8, 4) is 17.4 Å². The Hall–Kier alpha value is -5.09. The maximum atomic E-state index is 13.9. The molecule has 232 valence electrons. The Morgan fingerprint density at radius 3 is 2.29 bits per heavy atom. The molecule has 1 aliphatic rings. The zero-order valence-corrected chi connectivity index (χ0v) is 25.4. The average molecular weight is 609 g/mol. The molecule has 2 aromatic heterocycles. The van der Waals surface area contributed by atoms with Gasteiger partial charge in [0, 0.05) is 26.2 Å². The molecular weight excluding hydrogens is 572 g/mol. The number of piperidine rings is 1. The monoisotopic (exact) mass is 608 g/mol. The minimum atomic E-state index is -0.399. The molecule has 0 saturated carbocycles. The summed E-state index contributed by atoms with van der Waals surface area (Å²) in [4.78, 5) is 32.5. The SMILES string of the molecule is COC(=O)COC1CCCN(c2cccc3c2n(C)c(=O)n3-c2ccc(OCc3ccccc3)nc2OCc2ccccc2)C1. The summed E-state index contributed by atoms with van der Waals surface area (Å²) in [6.07, 6.45) is 1.61. The molecule has 5 aromatic rings. The van der Waals surface area contributed by atoms with Crippen LogP contribution in [0.3, 0.4) is 0 Å². The molecular formula is C35H36N4O6. The van der Waals surface area contributed by atoms with Crippen molar-refractivity contribution < 1.29 is 23.7 Å². The van der Waals surface area contributed by atoms with E-state index in [9.17, 15) is 9.59 Å². The molecule has 6 rings (SSSR count). The predicted molar refractivity (Wildman–Crippen MR) is 171 cm³/mol. The van der Waals surface area contributed by atoms with Crippen LogP contribution in [0, 0.1) is 0 Å². The molecule has 0 radical (unpaired) electrons. The number of aromatic nitrogens is 3. The lowest BCUT2D eigenvalue weighted by atomic mass is 10.1. The van der Waals surface area contributed by atoms with Gasteiger partial charge in [-0.3, -0.25) is 9.13 Å². The van der Waals surface area contributed by atoms with Gasteiger partial charge in [-0.15, -0.1) is 0 Å². The van der Waals surface area contributed by atoms with Crippen molar-refractivity contribution in [3.63, 3.8) is 0 Å². The van der Waals surface area contributed by atoms with Crippen molar-refractivity contribution in [2.24, 2.45) is 7.05 Å². The van der Waals surface area contributed by atoms with E-state index in [4.69, 9.17) is 23.9 Å². The van der Waals surface area contributed by atoms with Gasteiger partial charge in [0.25, 0.3) is 0 Å². The van der Waals surface area contributed by atoms with Crippen molar-refractivity contribution >= 4 is 22.7 Å². The first-order valence-electron chi connectivity index (χ1n) is 15.0. The number of anilines is 1. The highest BCUT2D eigenvalue weighted by atomic mass is 16.6. The van der Waals surface area contributed by atoms with E-state index >= 15 is 0 Å². The van der Waals surface area contributed by atoms with Crippen molar-refractivity contribution in [1.29, 1.82) is 0 Å². The number of para-hydroxylation sites is 1. The molecule has 3 aromatic carbocycles. The van der Waals surface area contributed by atoms with E-state index < -0.39 is 5.97 Å². The number of rotatable bonds is 11. The van der Waals surface area contributed by atoms with E-state index in [2.05, 4.69) is 4.90 Å². The maximum Gasteiger partial charge on any atom is 0.333 e. The Balaban J connectivity index is 1.35. The van der Waals surface area contributed by atoms with Gasteiger partial charge in [-0.2, -0.15) is 4.98 Å². The molecule has 10 heteroatoms. The zero-order chi connectivity index (χ0) is 31.2. The van der Waals surface area contributed by atoms with Gasteiger partial charge >= 0.3 is 11.7 Å². The molecule has 0 amide bonds. The number of esters is 1. The molecule has 1 aliphatic heterocycles. The summed E-state index contributed by atoms with van der Waals surface area (Å²) in [5.74, 6) is 0.286. The van der Waals surface area contributed by atoms with Crippen LogP contribution in [-0.4, -0.2) is 53.0 Å². The van der Waals surface area contributed by atoms with Crippen molar-refractivity contribution in [1.82, 2.24) is 14.1 Å². The lowest BCUT2D eigenvalue weighted by Gasteiger charge is -2.34. The summed E-state index contributed by atoms with van der Waals surface area (Å²) < 4.78 is 26.2. The van der Waals surface area contributed by atoms with Crippen molar-refractivity contribution in [2.75, 3.05) is 31.7 Å². The first-order chi connectivity index (χ1) is 22.0. The van der Waals surface area contributed by atoms with Gasteiger partial charge in [-0.05, 0) is 42.2 Å². The summed E-state index contributed by atoms with van der Waals surface area (Å²) in [7, 11) is 3.12. The van der Waals surface area contributed by atoms with E-state index in [-0.39, 0.29) is 25.0 Å². The van der Waals surface area contributed by atoms with Gasteiger partial charge in [-0.25, -0.2) is 9.59 Å². The predicted octanol–water partition coefficient (Wildman–Crippen LogP) is 5.04. The molecule has 10 nitrogen and oxygen atoms in total. The van der Waals surface area contributed by atoms with Gasteiger partial charge in [0.05, 0.1) is 29.9 Å². The van der Waals surface area contributed by atoms with Crippen LogP contribution in [0.2, 0.25) is 0 Å². The minimum Gasteiger partial charge on any atom is -0.473 e. The Morgan fingerprint density at radius 1 is 0.867 bits per heavy atom. The van der Waals surface area contributed by atoms with Crippen molar-refractivity contribution in [3.05, 3.63) is 113 Å². The number of benzene rings is 3. The molecule has 1 saturated heterocycles. The molecule has 0 spiro atoms. The van der Waals surface area contributed by atoms with Crippen LogP contribution in [0.25, 0.3) is 16.7 Å². The Kier molecular flexibility index (Phi) is 9.11. The maximum absolute atomic E-state index is 13.9. The van der Waals surface area contributed by atoms with Gasteiger partial charge in [0.1, 0.15) is 25.5 Å². The molecule has 1 fully saturated rings. The van der Waals surface area contributed by atoms with Crippen LogP contribution in [0.1, 0.15) is 24.0 Å². The number of carbonyl (C=O) groups excluding carboxylic acids is 1. The van der Waals surface area contributed by atoms with Crippen molar-refractivity contribution in [2.45, 2.75) is 32.2 Å². The number of hydrogen-bond donors (Lipinski definition) is 0. The fourth-order valence-electron chi connectivity index (χ4n) is 5.65. The second-order valence-electron chi connectivity index (χ2n) is 10.9. The Bertz CT molecular complexity index is 1820. The van der Waals surface area contributed by atoms with Crippen LogP contribution < -0.4 is 20.1 Å². The summed E-state index contributed by atoms with van der Waals surface area (Å²) in [6.45, 7) is 1.93. The van der Waals surface area contributed by atoms with E-state index in [0.717, 1.165) is 47.2 Å². The number of methoxy groups -OCH3 is 1. The lowest BCUT2D eigenvalue weighted by Crippen LogP contribution is -2.40. The molecule has 0 bridgehead atoms. The summed E-state index contributed by atoms with van der Waals surface area (Å²) in [6, 6.07) is 29.1. The highest BCUT2D eigenvalue weighted by Crippen LogP contribution is 2.33. The fraction of sp³-hybridized carbons (Fsp3) is 0.286. The normalized spacial score (nSPS) is 14.8. The van der Waals surface area contributed by atoms with E-state index in [1.54, 1.807) is 22.2 Å². The van der Waals surface area contributed by atoms with Crippen LogP contribution in [0.5, 0.6) is 11.8 Å². The summed E-state index contributed by atoms with van der Waals surface area (Å²) in [5, 5.41) is 0. The van der Waals surface area contributed by atoms with Crippen LogP contribution in [-0.2, 0) is 34.5 Å². The number of aryl methyl sites for hydroxylation is 1. The molecule has 3 heterocycles. The standard InChI is InChI=1S/C35H36N4O6/c1-37-33-28(38-20-10-15-27(21-38)43-24-32(40)42-2)16-9-17-29(33)39(35(37)41)30-18-19-31(44-22-25-11-5-3-6-12-25)36-34(30)45-23-26-13-7-4-8-14-26/h3-9,11-14,16-19,27H,10,15,20-24H2,1-2H3. The first kappa shape index (κ1) is 30.0. The van der Waals surface area contributed by atoms with E-state index in [1.165, 1.54) is 7.11 Å². The Labute approximate surface area is 261 Å². The molecule has 45 heavy (non-hydrogen) atoms. The topological polar surface area (TPSA) is 97.1 Å². The number of fused-ring (bicyclic) bond motifs is 1. The number of imidazole rings is 1. The zero-order valence-electron chi connectivity index (χ0n) is 25.4.